The third-order valence-corrected chi connectivity index (χ3v) is 11.0. The Kier molecular flexibility index (Phi) is 6.21. The lowest BCUT2D eigenvalue weighted by atomic mass is 9.47. The number of carbonyl (C=O) groups is 1. The molecule has 1 aliphatic heterocycles. The van der Waals surface area contributed by atoms with Crippen molar-refractivity contribution in [3.63, 3.8) is 0 Å². The Morgan fingerprint density at radius 2 is 2.03 bits per heavy atom. The van der Waals surface area contributed by atoms with Gasteiger partial charge in [0.1, 0.15) is 5.01 Å². The smallest absolute Gasteiger partial charge is 0.223 e. The predicted molar refractivity (Wildman–Crippen MR) is 133 cm³/mol. The van der Waals surface area contributed by atoms with Gasteiger partial charge in [0.15, 0.2) is 0 Å². The Labute approximate surface area is 204 Å². The van der Waals surface area contributed by atoms with Crippen LogP contribution in [0.15, 0.2) is 16.8 Å². The standard InChI is InChI=1S/C26H36N2O3S2/c1-16-5-9-28(10-6-16)22(31)12-18-23-19(33-24(27-23)17-7-11-32-14-17)13-20-25(18,2)8-4-21(30)26(20,3)15-29/h7,11,14,16,18,20-21,29-30H,4-6,8-10,12-13,15H2,1-3H3. The summed E-state index contributed by atoms with van der Waals surface area (Å²) in [6, 6.07) is 2.11. The molecule has 3 aliphatic rings. The molecule has 5 atom stereocenters. The van der Waals surface area contributed by atoms with Gasteiger partial charge in [-0.1, -0.05) is 20.8 Å². The molecule has 2 aromatic heterocycles. The molecule has 0 radical (unpaired) electrons. The lowest BCUT2D eigenvalue weighted by Crippen LogP contribution is -2.57. The number of piperidine rings is 1. The van der Waals surface area contributed by atoms with Gasteiger partial charge < -0.3 is 15.1 Å². The SMILES string of the molecule is CC1CCN(C(=O)CC2c3nc(-c4ccsc4)sc3CC3C(C)(CO)C(O)CCC23C)CC1. The second-order valence-corrected chi connectivity index (χ2v) is 13.0. The van der Waals surface area contributed by atoms with Crippen molar-refractivity contribution in [3.05, 3.63) is 27.4 Å². The molecule has 0 aromatic carbocycles. The van der Waals surface area contributed by atoms with E-state index in [4.69, 9.17) is 4.98 Å². The van der Waals surface area contributed by atoms with E-state index < -0.39 is 11.5 Å². The average Bonchev–Trinajstić information content (AvgIpc) is 3.48. The van der Waals surface area contributed by atoms with Crippen molar-refractivity contribution in [1.82, 2.24) is 9.88 Å². The Balaban J connectivity index is 1.54. The zero-order chi connectivity index (χ0) is 23.4. The number of carbonyl (C=O) groups excluding carboxylic acids is 1. The van der Waals surface area contributed by atoms with Crippen molar-refractivity contribution in [3.8, 4) is 10.6 Å². The number of nitrogens with zero attached hydrogens (tertiary/aromatic N) is 2. The molecule has 5 nitrogen and oxygen atoms in total. The molecular weight excluding hydrogens is 452 g/mol. The van der Waals surface area contributed by atoms with E-state index in [0.29, 0.717) is 18.8 Å². The molecule has 0 spiro atoms. The van der Waals surface area contributed by atoms with E-state index in [2.05, 4.69) is 35.6 Å². The van der Waals surface area contributed by atoms with Gasteiger partial charge >= 0.3 is 0 Å². The lowest BCUT2D eigenvalue weighted by Gasteiger charge is -2.58. The van der Waals surface area contributed by atoms with Crippen molar-refractivity contribution in [2.45, 2.75) is 71.3 Å². The summed E-state index contributed by atoms with van der Waals surface area (Å²) < 4.78 is 0. The van der Waals surface area contributed by atoms with Crippen LogP contribution in [0.4, 0.5) is 0 Å². The first-order valence-electron chi connectivity index (χ1n) is 12.3. The molecule has 5 unspecified atom stereocenters. The lowest BCUT2D eigenvalue weighted by molar-refractivity contribution is -0.147. The van der Waals surface area contributed by atoms with Crippen LogP contribution in [0.3, 0.4) is 0 Å². The fourth-order valence-electron chi connectivity index (χ4n) is 6.72. The van der Waals surface area contributed by atoms with E-state index in [-0.39, 0.29) is 29.8 Å². The third kappa shape index (κ3) is 3.89. The normalized spacial score (nSPS) is 34.7. The number of thiophene rings is 1. The molecular formula is C26H36N2O3S2. The molecule has 7 heteroatoms. The number of fused-ring (bicyclic) bond motifs is 2. The molecule has 33 heavy (non-hydrogen) atoms. The van der Waals surface area contributed by atoms with E-state index in [1.165, 1.54) is 4.88 Å². The Morgan fingerprint density at radius 3 is 2.70 bits per heavy atom. The largest absolute Gasteiger partial charge is 0.396 e. The number of thiazole rings is 1. The fourth-order valence-corrected chi connectivity index (χ4v) is 8.60. The summed E-state index contributed by atoms with van der Waals surface area (Å²) in [4.78, 5) is 22.0. The van der Waals surface area contributed by atoms with E-state index in [1.54, 1.807) is 22.7 Å². The number of aliphatic hydroxyl groups is 2. The van der Waals surface area contributed by atoms with Gasteiger partial charge in [-0.15, -0.1) is 11.3 Å². The Hall–Kier alpha value is -1.28. The Bertz CT molecular complexity index is 997. The molecule has 1 saturated carbocycles. The number of amides is 1. The van der Waals surface area contributed by atoms with E-state index >= 15 is 0 Å². The summed E-state index contributed by atoms with van der Waals surface area (Å²) in [5, 5.41) is 26.6. The zero-order valence-corrected chi connectivity index (χ0v) is 21.6. The number of hydrogen-bond donors (Lipinski definition) is 2. The van der Waals surface area contributed by atoms with Gasteiger partial charge in [-0.05, 0) is 60.8 Å². The van der Waals surface area contributed by atoms with Gasteiger partial charge in [-0.25, -0.2) is 4.98 Å². The molecule has 180 valence electrons. The van der Waals surface area contributed by atoms with Crippen molar-refractivity contribution >= 4 is 28.6 Å². The highest BCUT2D eigenvalue weighted by molar-refractivity contribution is 7.15. The first-order chi connectivity index (χ1) is 15.8. The van der Waals surface area contributed by atoms with Crippen LogP contribution in [0.1, 0.15) is 69.4 Å². The van der Waals surface area contributed by atoms with Crippen molar-refractivity contribution in [2.24, 2.45) is 22.7 Å². The average molecular weight is 489 g/mol. The van der Waals surface area contributed by atoms with Gasteiger partial charge in [-0.2, -0.15) is 11.3 Å². The van der Waals surface area contributed by atoms with Crippen molar-refractivity contribution < 1.29 is 15.0 Å². The molecule has 2 aliphatic carbocycles. The van der Waals surface area contributed by atoms with Crippen molar-refractivity contribution in [2.75, 3.05) is 19.7 Å². The molecule has 3 heterocycles. The van der Waals surface area contributed by atoms with E-state index in [0.717, 1.165) is 55.0 Å². The van der Waals surface area contributed by atoms with Crippen molar-refractivity contribution in [1.29, 1.82) is 0 Å². The quantitative estimate of drug-likeness (QED) is 0.640. The van der Waals surface area contributed by atoms with Gasteiger partial charge in [0.05, 0.1) is 18.4 Å². The second-order valence-electron chi connectivity index (χ2n) is 11.1. The van der Waals surface area contributed by atoms with Crippen LogP contribution in [-0.2, 0) is 11.2 Å². The topological polar surface area (TPSA) is 73.7 Å². The minimum atomic E-state index is -0.570. The summed E-state index contributed by atoms with van der Waals surface area (Å²) >= 11 is 3.41. The van der Waals surface area contributed by atoms with Gasteiger partial charge in [0.25, 0.3) is 0 Å². The molecule has 2 N–H and O–H groups in total. The van der Waals surface area contributed by atoms with Crippen LogP contribution in [0.25, 0.3) is 10.6 Å². The first kappa shape index (κ1) is 23.5. The van der Waals surface area contributed by atoms with Crippen LogP contribution >= 0.6 is 22.7 Å². The second kappa shape index (κ2) is 8.74. The minimum Gasteiger partial charge on any atom is -0.396 e. The summed E-state index contributed by atoms with van der Waals surface area (Å²) in [5.74, 6) is 1.05. The van der Waals surface area contributed by atoms with Gasteiger partial charge in [0.2, 0.25) is 5.91 Å². The summed E-state index contributed by atoms with van der Waals surface area (Å²) in [6.07, 6.45) is 4.43. The third-order valence-electron chi connectivity index (χ3n) is 9.18. The number of likely N-dealkylation sites (tertiary alicyclic amines) is 1. The molecule has 1 saturated heterocycles. The maximum absolute atomic E-state index is 13.5. The van der Waals surface area contributed by atoms with Crippen LogP contribution < -0.4 is 0 Å². The van der Waals surface area contributed by atoms with Gasteiger partial charge in [-0.3, -0.25) is 4.79 Å². The summed E-state index contributed by atoms with van der Waals surface area (Å²) in [7, 11) is 0. The minimum absolute atomic E-state index is 0.0140. The van der Waals surface area contributed by atoms with Crippen LogP contribution in [-0.4, -0.2) is 51.8 Å². The van der Waals surface area contributed by atoms with E-state index in [1.807, 2.05) is 6.92 Å². The number of hydrogen-bond acceptors (Lipinski definition) is 6. The highest BCUT2D eigenvalue weighted by atomic mass is 32.1. The maximum atomic E-state index is 13.5. The monoisotopic (exact) mass is 488 g/mol. The fraction of sp³-hybridized carbons (Fsp3) is 0.692. The maximum Gasteiger partial charge on any atom is 0.223 e. The van der Waals surface area contributed by atoms with Gasteiger partial charge in [0, 0.05) is 46.7 Å². The molecule has 2 fully saturated rings. The number of aromatic nitrogens is 1. The Morgan fingerprint density at radius 1 is 1.27 bits per heavy atom. The first-order valence-corrected chi connectivity index (χ1v) is 14.1. The van der Waals surface area contributed by atoms with E-state index in [9.17, 15) is 15.0 Å². The van der Waals surface area contributed by atoms with Crippen LogP contribution in [0.2, 0.25) is 0 Å². The summed E-state index contributed by atoms with van der Waals surface area (Å²) in [6.45, 7) is 8.26. The number of aliphatic hydroxyl groups excluding tert-OH is 2. The zero-order valence-electron chi connectivity index (χ0n) is 19.9. The number of rotatable bonds is 4. The van der Waals surface area contributed by atoms with Crippen LogP contribution in [0, 0.1) is 22.7 Å². The molecule has 2 aromatic rings. The molecule has 0 bridgehead atoms. The highest BCUT2D eigenvalue weighted by Gasteiger charge is 2.59. The van der Waals surface area contributed by atoms with Crippen LogP contribution in [0.5, 0.6) is 0 Å². The summed E-state index contributed by atoms with van der Waals surface area (Å²) in [5.41, 5.74) is 1.49. The highest BCUT2D eigenvalue weighted by Crippen LogP contribution is 2.63. The molecule has 5 rings (SSSR count). The predicted octanol–water partition coefficient (Wildman–Crippen LogP) is 4.94. The molecule has 1 amide bonds.